The van der Waals surface area contributed by atoms with Crippen molar-refractivity contribution in [3.05, 3.63) is 48.6 Å². The predicted molar refractivity (Wildman–Crippen MR) is 120 cm³/mol. The molecule has 11 nitrogen and oxygen atoms in total. The number of anilines is 2. The van der Waals surface area contributed by atoms with Crippen molar-refractivity contribution in [2.75, 3.05) is 16.8 Å². The minimum atomic E-state index is -0.770. The summed E-state index contributed by atoms with van der Waals surface area (Å²) >= 11 is 0. The fourth-order valence-electron chi connectivity index (χ4n) is 3.79. The Kier molecular flexibility index (Phi) is 5.17. The second-order valence-electron chi connectivity index (χ2n) is 8.02. The molecule has 33 heavy (non-hydrogen) atoms. The first-order valence-corrected chi connectivity index (χ1v) is 10.5. The molecule has 0 spiro atoms. The van der Waals surface area contributed by atoms with Gasteiger partial charge in [-0.15, -0.1) is 0 Å². The maximum Gasteiger partial charge on any atom is 0.416 e. The number of nitrogens with zero attached hydrogens (tertiary/aromatic N) is 6. The van der Waals surface area contributed by atoms with Gasteiger partial charge in [-0.25, -0.2) is 9.78 Å². The second kappa shape index (κ2) is 8.17. The number of aryl methyl sites for hydroxylation is 1. The van der Waals surface area contributed by atoms with Gasteiger partial charge in [-0.1, -0.05) is 17.3 Å². The second-order valence-corrected chi connectivity index (χ2v) is 8.02. The maximum absolute atomic E-state index is 12.1. The molecule has 0 radical (unpaired) electrons. The van der Waals surface area contributed by atoms with E-state index in [4.69, 9.17) is 9.26 Å². The molecule has 2 N–H and O–H groups in total. The number of aliphatic hydroxyl groups is 1. The van der Waals surface area contributed by atoms with E-state index in [1.54, 1.807) is 13.0 Å². The van der Waals surface area contributed by atoms with Crippen molar-refractivity contribution in [2.45, 2.75) is 32.0 Å². The normalized spacial score (nSPS) is 17.9. The molecule has 3 aromatic heterocycles. The first-order valence-electron chi connectivity index (χ1n) is 10.5. The third-order valence-electron chi connectivity index (χ3n) is 5.65. The number of hydrogen-bond acceptors (Lipinski definition) is 9. The Hall–Kier alpha value is -3.99. The van der Waals surface area contributed by atoms with Crippen LogP contribution in [0.1, 0.15) is 25.8 Å². The molecule has 0 saturated carbocycles. The number of nitrogens with one attached hydrogen (secondary N) is 1. The third-order valence-corrected chi connectivity index (χ3v) is 5.65. The molecule has 0 bridgehead atoms. The highest BCUT2D eigenvalue weighted by molar-refractivity contribution is 5.89. The number of amides is 1. The van der Waals surface area contributed by atoms with E-state index < -0.39 is 24.3 Å². The van der Waals surface area contributed by atoms with Gasteiger partial charge in [-0.05, 0) is 37.4 Å². The molecule has 1 saturated heterocycles. The number of cyclic esters (lactones) is 1. The molecule has 3 atom stereocenters. The number of benzene rings is 1. The molecule has 1 aliphatic rings. The number of aromatic nitrogens is 5. The number of hydrogen-bond donors (Lipinski definition) is 2. The van der Waals surface area contributed by atoms with Gasteiger partial charge in [0.25, 0.3) is 0 Å². The Morgan fingerprint density at radius 2 is 2.06 bits per heavy atom. The van der Waals surface area contributed by atoms with Gasteiger partial charge >= 0.3 is 6.09 Å². The van der Waals surface area contributed by atoms with Crippen molar-refractivity contribution < 1.29 is 19.2 Å². The molecule has 4 aromatic rings. The number of carbonyl (C=O) groups is 1. The van der Waals surface area contributed by atoms with E-state index in [1.807, 2.05) is 49.0 Å². The van der Waals surface area contributed by atoms with E-state index in [9.17, 15) is 9.90 Å². The zero-order chi connectivity index (χ0) is 23.1. The van der Waals surface area contributed by atoms with Gasteiger partial charge < -0.3 is 24.3 Å². The molecular weight excluding hydrogens is 426 g/mol. The van der Waals surface area contributed by atoms with Gasteiger partial charge in [0.1, 0.15) is 24.5 Å². The number of rotatable bonds is 6. The fourth-order valence-corrected chi connectivity index (χ4v) is 3.79. The van der Waals surface area contributed by atoms with E-state index in [0.29, 0.717) is 17.5 Å². The SMILES string of the molecule is C[C@H](Nc1nccc(N2C(=O)OC[C@@H]2[C@@H](C)O)n1)c1nc(-c2ccc3ccn(C)c3c2)no1. The smallest absolute Gasteiger partial charge is 0.416 e. The van der Waals surface area contributed by atoms with E-state index in [-0.39, 0.29) is 12.6 Å². The average Bonchev–Trinajstić information content (AvgIpc) is 3.53. The van der Waals surface area contributed by atoms with Crippen LogP contribution in [0.5, 0.6) is 0 Å². The van der Waals surface area contributed by atoms with Crippen LogP contribution < -0.4 is 10.2 Å². The van der Waals surface area contributed by atoms with E-state index in [2.05, 4.69) is 25.4 Å². The summed E-state index contributed by atoms with van der Waals surface area (Å²) in [5, 5.41) is 18.3. The first kappa shape index (κ1) is 20.9. The average molecular weight is 449 g/mol. The van der Waals surface area contributed by atoms with Crippen LogP contribution in [0.3, 0.4) is 0 Å². The van der Waals surface area contributed by atoms with Crippen LogP contribution in [0.4, 0.5) is 16.6 Å². The third kappa shape index (κ3) is 3.87. The van der Waals surface area contributed by atoms with Gasteiger partial charge in [0.15, 0.2) is 0 Å². The minimum absolute atomic E-state index is 0.0962. The first-order chi connectivity index (χ1) is 15.9. The topological polar surface area (TPSA) is 131 Å². The molecule has 0 unspecified atom stereocenters. The highest BCUT2D eigenvalue weighted by Gasteiger charge is 2.38. The zero-order valence-corrected chi connectivity index (χ0v) is 18.3. The van der Waals surface area contributed by atoms with Crippen molar-refractivity contribution in [3.63, 3.8) is 0 Å². The lowest BCUT2D eigenvalue weighted by Gasteiger charge is -2.22. The summed E-state index contributed by atoms with van der Waals surface area (Å²) in [7, 11) is 1.99. The van der Waals surface area contributed by atoms with Crippen molar-refractivity contribution in [3.8, 4) is 11.4 Å². The Balaban J connectivity index is 1.34. The van der Waals surface area contributed by atoms with Gasteiger partial charge in [-0.3, -0.25) is 4.90 Å². The van der Waals surface area contributed by atoms with Crippen LogP contribution in [0.15, 0.2) is 47.2 Å². The molecule has 0 aliphatic carbocycles. The number of carbonyl (C=O) groups excluding carboxylic acids is 1. The van der Waals surface area contributed by atoms with Crippen molar-refractivity contribution in [2.24, 2.45) is 7.05 Å². The standard InChI is InChI=1S/C22H23N7O4/c1-12(20-26-19(27-33-20)15-5-4-14-7-9-28(3)16(14)10-15)24-21-23-8-6-18(25-21)29-17(13(2)30)11-32-22(29)31/h4-10,12-13,17,30H,11H2,1-3H3,(H,23,24,25)/t12-,13+,17+/m0/s1. The summed E-state index contributed by atoms with van der Waals surface area (Å²) in [4.78, 5) is 26.6. The van der Waals surface area contributed by atoms with Crippen molar-refractivity contribution >= 4 is 28.8 Å². The zero-order valence-electron chi connectivity index (χ0n) is 18.3. The number of fused-ring (bicyclic) bond motifs is 1. The molecular formula is C22H23N7O4. The van der Waals surface area contributed by atoms with E-state index in [0.717, 1.165) is 16.5 Å². The Morgan fingerprint density at radius 1 is 1.21 bits per heavy atom. The molecule has 1 fully saturated rings. The summed E-state index contributed by atoms with van der Waals surface area (Å²) in [6.07, 6.45) is 2.20. The summed E-state index contributed by atoms with van der Waals surface area (Å²) in [6.45, 7) is 3.54. The largest absolute Gasteiger partial charge is 0.447 e. The van der Waals surface area contributed by atoms with Crippen molar-refractivity contribution in [1.82, 2.24) is 24.7 Å². The Bertz CT molecular complexity index is 1320. The van der Waals surface area contributed by atoms with Crippen LogP contribution in [0.25, 0.3) is 22.3 Å². The predicted octanol–water partition coefficient (Wildman–Crippen LogP) is 2.90. The quantitative estimate of drug-likeness (QED) is 0.456. The lowest BCUT2D eigenvalue weighted by atomic mass is 10.1. The number of ether oxygens (including phenoxy) is 1. The molecule has 170 valence electrons. The Labute approximate surface area is 189 Å². The summed E-state index contributed by atoms with van der Waals surface area (Å²) < 4.78 is 12.6. The maximum atomic E-state index is 12.1. The van der Waals surface area contributed by atoms with Crippen LogP contribution >= 0.6 is 0 Å². The van der Waals surface area contributed by atoms with Crippen molar-refractivity contribution in [1.29, 1.82) is 0 Å². The lowest BCUT2D eigenvalue weighted by molar-refractivity contribution is 0.142. The fraction of sp³-hybridized carbons (Fsp3) is 0.318. The van der Waals surface area contributed by atoms with Gasteiger partial charge in [0.2, 0.25) is 17.7 Å². The van der Waals surface area contributed by atoms with Crippen LogP contribution in [-0.2, 0) is 11.8 Å². The minimum Gasteiger partial charge on any atom is -0.447 e. The molecule has 1 aliphatic heterocycles. The van der Waals surface area contributed by atoms with Crippen LogP contribution in [-0.4, -0.2) is 54.6 Å². The van der Waals surface area contributed by atoms with Gasteiger partial charge in [0.05, 0.1) is 6.10 Å². The van der Waals surface area contributed by atoms with E-state index in [1.165, 1.54) is 11.1 Å². The van der Waals surface area contributed by atoms with Gasteiger partial charge in [-0.2, -0.15) is 9.97 Å². The van der Waals surface area contributed by atoms with Gasteiger partial charge in [0, 0.05) is 30.5 Å². The molecule has 1 amide bonds. The molecule has 1 aromatic carbocycles. The monoisotopic (exact) mass is 449 g/mol. The molecule has 11 heteroatoms. The number of aliphatic hydroxyl groups excluding tert-OH is 1. The lowest BCUT2D eigenvalue weighted by Crippen LogP contribution is -2.41. The highest BCUT2D eigenvalue weighted by atomic mass is 16.6. The van der Waals surface area contributed by atoms with Crippen LogP contribution in [0.2, 0.25) is 0 Å². The highest BCUT2D eigenvalue weighted by Crippen LogP contribution is 2.26. The Morgan fingerprint density at radius 3 is 2.88 bits per heavy atom. The summed E-state index contributed by atoms with van der Waals surface area (Å²) in [6, 6.07) is 8.72. The summed E-state index contributed by atoms with van der Waals surface area (Å²) in [5.74, 6) is 1.45. The molecule has 5 rings (SSSR count). The van der Waals surface area contributed by atoms with Crippen LogP contribution in [0, 0.1) is 0 Å². The summed E-state index contributed by atoms with van der Waals surface area (Å²) in [5.41, 5.74) is 1.92. The molecule has 4 heterocycles. The van der Waals surface area contributed by atoms with E-state index >= 15 is 0 Å².